The van der Waals surface area contributed by atoms with Crippen LogP contribution in [0, 0.1) is 5.92 Å². The van der Waals surface area contributed by atoms with Gasteiger partial charge in [0.25, 0.3) is 5.91 Å². The lowest BCUT2D eigenvalue weighted by atomic mass is 10.1. The van der Waals surface area contributed by atoms with Gasteiger partial charge in [0.15, 0.2) is 5.84 Å². The van der Waals surface area contributed by atoms with Crippen LogP contribution in [0.5, 0.6) is 0 Å². The van der Waals surface area contributed by atoms with E-state index in [9.17, 15) is 4.79 Å². The second-order valence-corrected chi connectivity index (χ2v) is 4.17. The average Bonchev–Trinajstić information content (AvgIpc) is 2.35. The van der Waals surface area contributed by atoms with Crippen molar-refractivity contribution in [2.45, 2.75) is 13.8 Å². The third-order valence-electron chi connectivity index (χ3n) is 2.22. The highest BCUT2D eigenvalue weighted by molar-refractivity contribution is 5.99. The summed E-state index contributed by atoms with van der Waals surface area (Å²) < 4.78 is 0. The van der Waals surface area contributed by atoms with Gasteiger partial charge >= 0.3 is 0 Å². The number of nitrogens with one attached hydrogen (secondary N) is 1. The van der Waals surface area contributed by atoms with Gasteiger partial charge in [-0.15, -0.1) is 0 Å². The number of carbonyl (C=O) groups is 1. The van der Waals surface area contributed by atoms with Crippen molar-refractivity contribution in [1.29, 1.82) is 0 Å². The summed E-state index contributed by atoms with van der Waals surface area (Å²) >= 11 is 0. The van der Waals surface area contributed by atoms with E-state index in [1.54, 1.807) is 24.3 Å². The summed E-state index contributed by atoms with van der Waals surface area (Å²) in [4.78, 5) is 11.7. The third-order valence-corrected chi connectivity index (χ3v) is 2.22. The maximum absolute atomic E-state index is 11.7. The van der Waals surface area contributed by atoms with Crippen LogP contribution in [0.15, 0.2) is 29.4 Å². The molecule has 0 unspecified atom stereocenters. The number of hydrogen-bond donors (Lipinski definition) is 3. The van der Waals surface area contributed by atoms with Crippen LogP contribution in [0.4, 0.5) is 0 Å². The van der Waals surface area contributed by atoms with Crippen molar-refractivity contribution in [2.24, 2.45) is 16.8 Å². The van der Waals surface area contributed by atoms with E-state index in [2.05, 4.69) is 10.5 Å². The Bertz CT molecular complexity index is 410. The van der Waals surface area contributed by atoms with Gasteiger partial charge in [0.1, 0.15) is 0 Å². The molecule has 1 aromatic rings. The molecule has 0 atom stereocenters. The fourth-order valence-electron chi connectivity index (χ4n) is 1.25. The zero-order chi connectivity index (χ0) is 12.8. The molecule has 0 heterocycles. The van der Waals surface area contributed by atoms with Gasteiger partial charge in [0, 0.05) is 17.7 Å². The van der Waals surface area contributed by atoms with Gasteiger partial charge in [-0.05, 0) is 18.1 Å². The number of amides is 1. The van der Waals surface area contributed by atoms with Gasteiger partial charge in [-0.1, -0.05) is 31.1 Å². The zero-order valence-electron chi connectivity index (χ0n) is 9.97. The lowest BCUT2D eigenvalue weighted by molar-refractivity contribution is 0.0949. The highest BCUT2D eigenvalue weighted by Crippen LogP contribution is 2.04. The van der Waals surface area contributed by atoms with E-state index in [0.717, 1.165) is 0 Å². The number of rotatable bonds is 4. The number of nitrogens with zero attached hydrogens (tertiary/aromatic N) is 1. The Morgan fingerprint density at radius 2 is 1.88 bits per heavy atom. The lowest BCUT2D eigenvalue weighted by Gasteiger charge is -2.07. The minimum atomic E-state index is -0.121. The molecule has 0 bridgehead atoms. The van der Waals surface area contributed by atoms with Crippen molar-refractivity contribution in [3.05, 3.63) is 35.4 Å². The van der Waals surface area contributed by atoms with Crippen LogP contribution in [0.1, 0.15) is 29.8 Å². The standard InChI is InChI=1S/C12H17N3O2/c1-8(2)7-14-12(16)10-5-3-9(4-6-10)11(13)15-17/h3-6,8,17H,7H2,1-2H3,(H2,13,15)(H,14,16). The normalized spacial score (nSPS) is 11.6. The summed E-state index contributed by atoms with van der Waals surface area (Å²) in [5.41, 5.74) is 6.55. The van der Waals surface area contributed by atoms with Gasteiger partial charge in [-0.2, -0.15) is 0 Å². The second kappa shape index (κ2) is 5.89. The maximum atomic E-state index is 11.7. The van der Waals surface area contributed by atoms with Crippen LogP contribution in [-0.2, 0) is 0 Å². The number of carbonyl (C=O) groups excluding carboxylic acids is 1. The molecule has 0 aliphatic rings. The Morgan fingerprint density at radius 3 is 2.35 bits per heavy atom. The van der Waals surface area contributed by atoms with Gasteiger partial charge in [-0.3, -0.25) is 4.79 Å². The van der Waals surface area contributed by atoms with Crippen molar-refractivity contribution >= 4 is 11.7 Å². The molecule has 92 valence electrons. The van der Waals surface area contributed by atoms with Gasteiger partial charge in [0.2, 0.25) is 0 Å². The number of nitrogens with two attached hydrogens (primary N) is 1. The fraction of sp³-hybridized carbons (Fsp3) is 0.333. The Hall–Kier alpha value is -2.04. The summed E-state index contributed by atoms with van der Waals surface area (Å²) in [6.07, 6.45) is 0. The summed E-state index contributed by atoms with van der Waals surface area (Å²) in [5.74, 6) is 0.319. The smallest absolute Gasteiger partial charge is 0.251 e. The first-order valence-corrected chi connectivity index (χ1v) is 5.40. The maximum Gasteiger partial charge on any atom is 0.251 e. The quantitative estimate of drug-likeness (QED) is 0.317. The number of hydrogen-bond acceptors (Lipinski definition) is 3. The summed E-state index contributed by atoms with van der Waals surface area (Å²) in [6, 6.07) is 6.56. The molecule has 0 radical (unpaired) electrons. The van der Waals surface area contributed by atoms with E-state index >= 15 is 0 Å². The highest BCUT2D eigenvalue weighted by atomic mass is 16.4. The Balaban J connectivity index is 2.71. The molecule has 1 rings (SSSR count). The minimum Gasteiger partial charge on any atom is -0.409 e. The van der Waals surface area contributed by atoms with Crippen LogP contribution in [0.3, 0.4) is 0 Å². The van der Waals surface area contributed by atoms with Crippen molar-refractivity contribution < 1.29 is 10.0 Å². The topological polar surface area (TPSA) is 87.7 Å². The Kier molecular flexibility index (Phi) is 4.51. The second-order valence-electron chi connectivity index (χ2n) is 4.17. The van der Waals surface area contributed by atoms with Gasteiger partial charge in [0.05, 0.1) is 0 Å². The van der Waals surface area contributed by atoms with Gasteiger partial charge in [-0.25, -0.2) is 0 Å². The molecular formula is C12H17N3O2. The van der Waals surface area contributed by atoms with E-state index in [1.807, 2.05) is 13.8 Å². The van der Waals surface area contributed by atoms with Crippen molar-refractivity contribution in [1.82, 2.24) is 5.32 Å². The summed E-state index contributed by atoms with van der Waals surface area (Å²) in [6.45, 7) is 4.70. The molecule has 1 amide bonds. The molecule has 5 heteroatoms. The van der Waals surface area contributed by atoms with Crippen molar-refractivity contribution in [3.8, 4) is 0 Å². The van der Waals surface area contributed by atoms with Crippen molar-refractivity contribution in [2.75, 3.05) is 6.54 Å². The zero-order valence-corrected chi connectivity index (χ0v) is 9.97. The Morgan fingerprint density at radius 1 is 1.35 bits per heavy atom. The number of benzene rings is 1. The molecule has 1 aromatic carbocycles. The molecular weight excluding hydrogens is 218 g/mol. The number of amidine groups is 1. The molecule has 0 saturated heterocycles. The minimum absolute atomic E-state index is 0.0270. The molecule has 5 nitrogen and oxygen atoms in total. The Labute approximate surface area is 100 Å². The third kappa shape index (κ3) is 3.79. The van der Waals surface area contributed by atoms with Crippen LogP contribution < -0.4 is 11.1 Å². The van der Waals surface area contributed by atoms with Crippen LogP contribution in [-0.4, -0.2) is 23.5 Å². The fourth-order valence-corrected chi connectivity index (χ4v) is 1.25. The molecule has 0 saturated carbocycles. The first kappa shape index (κ1) is 13.0. The van der Waals surface area contributed by atoms with E-state index < -0.39 is 0 Å². The van der Waals surface area contributed by atoms with Crippen LogP contribution >= 0.6 is 0 Å². The van der Waals surface area contributed by atoms with E-state index in [0.29, 0.717) is 23.6 Å². The largest absolute Gasteiger partial charge is 0.409 e. The van der Waals surface area contributed by atoms with Crippen LogP contribution in [0.2, 0.25) is 0 Å². The number of oxime groups is 1. The highest BCUT2D eigenvalue weighted by Gasteiger charge is 2.06. The predicted octanol–water partition coefficient (Wildman–Crippen LogP) is 1.17. The molecule has 0 aliphatic heterocycles. The van der Waals surface area contributed by atoms with Crippen LogP contribution in [0.25, 0.3) is 0 Å². The lowest BCUT2D eigenvalue weighted by Crippen LogP contribution is -2.27. The molecule has 17 heavy (non-hydrogen) atoms. The first-order valence-electron chi connectivity index (χ1n) is 5.40. The first-order chi connectivity index (χ1) is 8.04. The molecule has 0 aromatic heterocycles. The summed E-state index contributed by atoms with van der Waals surface area (Å²) in [7, 11) is 0. The average molecular weight is 235 g/mol. The monoisotopic (exact) mass is 235 g/mol. The molecule has 0 aliphatic carbocycles. The van der Waals surface area contributed by atoms with E-state index in [1.165, 1.54) is 0 Å². The van der Waals surface area contributed by atoms with E-state index in [-0.39, 0.29) is 11.7 Å². The molecule has 0 spiro atoms. The van der Waals surface area contributed by atoms with Crippen molar-refractivity contribution in [3.63, 3.8) is 0 Å². The predicted molar refractivity (Wildman–Crippen MR) is 66.1 cm³/mol. The molecule has 4 N–H and O–H groups in total. The summed E-state index contributed by atoms with van der Waals surface area (Å²) in [5, 5.41) is 14.2. The van der Waals surface area contributed by atoms with E-state index in [4.69, 9.17) is 10.9 Å². The van der Waals surface area contributed by atoms with Gasteiger partial charge < -0.3 is 16.3 Å². The SMILES string of the molecule is CC(C)CNC(=O)c1ccc(/C(N)=N/O)cc1. The molecule has 0 fully saturated rings.